The molecule has 0 saturated carbocycles. The summed E-state index contributed by atoms with van der Waals surface area (Å²) in [7, 11) is 3.56. The van der Waals surface area contributed by atoms with Crippen LogP contribution >= 0.6 is 15.9 Å². The predicted molar refractivity (Wildman–Crippen MR) is 55.0 cm³/mol. The summed E-state index contributed by atoms with van der Waals surface area (Å²) in [5.41, 5.74) is 0.968. The van der Waals surface area contributed by atoms with Crippen LogP contribution in [0.4, 0.5) is 0 Å². The molecule has 0 saturated heterocycles. The van der Waals surface area contributed by atoms with Gasteiger partial charge in [-0.3, -0.25) is 4.68 Å². The van der Waals surface area contributed by atoms with E-state index in [0.29, 0.717) is 0 Å². The molecule has 1 aromatic heterocycles. The second-order valence-electron chi connectivity index (χ2n) is 2.82. The topological polar surface area (TPSA) is 27.1 Å². The first-order chi connectivity index (χ1) is 6.22. The molecular formula is C9H9BrN2O. The van der Waals surface area contributed by atoms with Gasteiger partial charge in [-0.05, 0) is 28.1 Å². The second kappa shape index (κ2) is 3.03. The number of fused-ring (bicyclic) bond motifs is 1. The lowest BCUT2D eigenvalue weighted by atomic mass is 10.2. The summed E-state index contributed by atoms with van der Waals surface area (Å²) in [6.07, 6.45) is 1.96. The van der Waals surface area contributed by atoms with Gasteiger partial charge < -0.3 is 4.74 Å². The molecule has 0 amide bonds. The minimum atomic E-state index is 0.834. The van der Waals surface area contributed by atoms with E-state index in [2.05, 4.69) is 21.0 Å². The fourth-order valence-corrected chi connectivity index (χ4v) is 1.92. The largest absolute Gasteiger partial charge is 0.496 e. The Kier molecular flexibility index (Phi) is 2.00. The van der Waals surface area contributed by atoms with Gasteiger partial charge in [0.05, 0.1) is 17.1 Å². The number of ether oxygens (including phenoxy) is 1. The average Bonchev–Trinajstić information content (AvgIpc) is 2.47. The lowest BCUT2D eigenvalue weighted by molar-refractivity contribution is 0.413. The molecule has 1 heterocycles. The molecule has 0 spiro atoms. The van der Waals surface area contributed by atoms with Crippen molar-refractivity contribution in [2.45, 2.75) is 0 Å². The highest BCUT2D eigenvalue weighted by Crippen LogP contribution is 2.31. The zero-order valence-corrected chi connectivity index (χ0v) is 9.00. The molecule has 4 heteroatoms. The van der Waals surface area contributed by atoms with Crippen LogP contribution in [0.3, 0.4) is 0 Å². The summed E-state index contributed by atoms with van der Waals surface area (Å²) in [4.78, 5) is 0. The van der Waals surface area contributed by atoms with Gasteiger partial charge in [0.15, 0.2) is 0 Å². The molecule has 3 nitrogen and oxygen atoms in total. The number of nitrogens with zero attached hydrogens (tertiary/aromatic N) is 2. The second-order valence-corrected chi connectivity index (χ2v) is 3.61. The molecule has 68 valence electrons. The highest BCUT2D eigenvalue weighted by atomic mass is 79.9. The third-order valence-corrected chi connectivity index (χ3v) is 2.74. The third kappa shape index (κ3) is 1.31. The van der Waals surface area contributed by atoms with E-state index < -0.39 is 0 Å². The summed E-state index contributed by atoms with van der Waals surface area (Å²) in [6, 6.07) is 3.85. The first kappa shape index (κ1) is 8.56. The molecule has 13 heavy (non-hydrogen) atoms. The van der Waals surface area contributed by atoms with Crippen molar-refractivity contribution in [3.8, 4) is 5.75 Å². The minimum Gasteiger partial charge on any atom is -0.496 e. The van der Waals surface area contributed by atoms with E-state index in [9.17, 15) is 0 Å². The Hall–Kier alpha value is -1.03. The standard InChI is InChI=1S/C9H9BrN2O/c1-12-5-6-7(11-12)3-4-8(13-2)9(6)10/h3-5H,1-2H3. The summed E-state index contributed by atoms with van der Waals surface area (Å²) in [6.45, 7) is 0. The smallest absolute Gasteiger partial charge is 0.133 e. The van der Waals surface area contributed by atoms with Gasteiger partial charge in [-0.1, -0.05) is 0 Å². The van der Waals surface area contributed by atoms with E-state index in [1.54, 1.807) is 11.8 Å². The quantitative estimate of drug-likeness (QED) is 0.766. The molecule has 0 N–H and O–H groups in total. The molecule has 2 rings (SSSR count). The number of hydrogen-bond acceptors (Lipinski definition) is 2. The molecule has 0 bridgehead atoms. The highest BCUT2D eigenvalue weighted by molar-refractivity contribution is 9.10. The molecule has 0 aliphatic heterocycles. The summed E-state index contributed by atoms with van der Waals surface area (Å²) < 4.78 is 7.92. The zero-order valence-electron chi connectivity index (χ0n) is 7.41. The molecule has 2 aromatic rings. The van der Waals surface area contributed by atoms with Crippen molar-refractivity contribution in [2.75, 3.05) is 7.11 Å². The SMILES string of the molecule is COc1ccc2nn(C)cc2c1Br. The van der Waals surface area contributed by atoms with E-state index in [0.717, 1.165) is 21.1 Å². The van der Waals surface area contributed by atoms with E-state index in [1.165, 1.54) is 0 Å². The van der Waals surface area contributed by atoms with Crippen LogP contribution < -0.4 is 4.74 Å². The number of methoxy groups -OCH3 is 1. The normalized spacial score (nSPS) is 10.7. The van der Waals surface area contributed by atoms with Crippen LogP contribution in [0.5, 0.6) is 5.75 Å². The number of benzene rings is 1. The first-order valence-electron chi connectivity index (χ1n) is 3.88. The molecule has 0 aliphatic rings. The van der Waals surface area contributed by atoms with Crippen molar-refractivity contribution < 1.29 is 4.74 Å². The van der Waals surface area contributed by atoms with E-state index in [4.69, 9.17) is 4.74 Å². The van der Waals surface area contributed by atoms with Gasteiger partial charge in [0.1, 0.15) is 5.75 Å². The van der Waals surface area contributed by atoms with E-state index in [1.807, 2.05) is 25.4 Å². The molecule has 0 atom stereocenters. The number of aromatic nitrogens is 2. The van der Waals surface area contributed by atoms with Crippen molar-refractivity contribution >= 4 is 26.8 Å². The number of hydrogen-bond donors (Lipinski definition) is 0. The van der Waals surface area contributed by atoms with Crippen LogP contribution in [0.1, 0.15) is 0 Å². The maximum atomic E-state index is 5.18. The molecule has 0 aliphatic carbocycles. The Morgan fingerprint density at radius 2 is 2.23 bits per heavy atom. The van der Waals surface area contributed by atoms with Crippen molar-refractivity contribution in [1.82, 2.24) is 9.78 Å². The number of rotatable bonds is 1. The summed E-state index contributed by atoms with van der Waals surface area (Å²) in [5, 5.41) is 5.35. The Morgan fingerprint density at radius 1 is 1.46 bits per heavy atom. The van der Waals surface area contributed by atoms with Gasteiger partial charge in [-0.2, -0.15) is 5.10 Å². The van der Waals surface area contributed by atoms with Gasteiger partial charge in [0.25, 0.3) is 0 Å². The molecule has 0 fully saturated rings. The monoisotopic (exact) mass is 240 g/mol. The summed E-state index contributed by atoms with van der Waals surface area (Å²) >= 11 is 3.48. The van der Waals surface area contributed by atoms with Gasteiger partial charge in [-0.15, -0.1) is 0 Å². The third-order valence-electron chi connectivity index (χ3n) is 1.92. The summed E-state index contributed by atoms with van der Waals surface area (Å²) in [5.74, 6) is 0.834. The Labute approximate surface area is 84.4 Å². The zero-order chi connectivity index (χ0) is 9.42. The van der Waals surface area contributed by atoms with Crippen LogP contribution in [0.15, 0.2) is 22.8 Å². The first-order valence-corrected chi connectivity index (χ1v) is 4.67. The van der Waals surface area contributed by atoms with Gasteiger partial charge in [0.2, 0.25) is 0 Å². The van der Waals surface area contributed by atoms with Gasteiger partial charge in [0, 0.05) is 18.6 Å². The Bertz CT molecular complexity index is 450. The van der Waals surface area contributed by atoms with Crippen LogP contribution in [0, 0.1) is 0 Å². The van der Waals surface area contributed by atoms with Crippen LogP contribution in [-0.2, 0) is 7.05 Å². The predicted octanol–water partition coefficient (Wildman–Crippen LogP) is 2.34. The maximum absolute atomic E-state index is 5.18. The van der Waals surface area contributed by atoms with Crippen molar-refractivity contribution in [1.29, 1.82) is 0 Å². The molecule has 0 unspecified atom stereocenters. The molecule has 1 aromatic carbocycles. The fraction of sp³-hybridized carbons (Fsp3) is 0.222. The van der Waals surface area contributed by atoms with E-state index in [-0.39, 0.29) is 0 Å². The van der Waals surface area contributed by atoms with Crippen LogP contribution in [-0.4, -0.2) is 16.9 Å². The average molecular weight is 241 g/mol. The maximum Gasteiger partial charge on any atom is 0.133 e. The molecule has 0 radical (unpaired) electrons. The highest BCUT2D eigenvalue weighted by Gasteiger charge is 2.07. The Morgan fingerprint density at radius 3 is 2.92 bits per heavy atom. The van der Waals surface area contributed by atoms with Gasteiger partial charge >= 0.3 is 0 Å². The Balaban J connectivity index is 2.78. The number of aryl methyl sites for hydroxylation is 1. The minimum absolute atomic E-state index is 0.834. The van der Waals surface area contributed by atoms with Crippen molar-refractivity contribution in [3.63, 3.8) is 0 Å². The van der Waals surface area contributed by atoms with Crippen molar-refractivity contribution in [3.05, 3.63) is 22.8 Å². The lowest BCUT2D eigenvalue weighted by Crippen LogP contribution is -1.84. The molecular weight excluding hydrogens is 232 g/mol. The van der Waals surface area contributed by atoms with Crippen LogP contribution in [0.2, 0.25) is 0 Å². The lowest BCUT2D eigenvalue weighted by Gasteiger charge is -2.01. The van der Waals surface area contributed by atoms with Crippen LogP contribution in [0.25, 0.3) is 10.9 Å². The van der Waals surface area contributed by atoms with E-state index >= 15 is 0 Å². The number of halogens is 1. The van der Waals surface area contributed by atoms with Crippen molar-refractivity contribution in [2.24, 2.45) is 7.05 Å². The fourth-order valence-electron chi connectivity index (χ4n) is 1.32. The van der Waals surface area contributed by atoms with Gasteiger partial charge in [-0.25, -0.2) is 0 Å².